The van der Waals surface area contributed by atoms with E-state index in [4.69, 9.17) is 24.3 Å². The number of hydrogen-bond acceptors (Lipinski definition) is 11. The van der Waals surface area contributed by atoms with Crippen LogP contribution in [0.25, 0.3) is 21.3 Å². The number of nitrogens with one attached hydrogen (secondary N) is 1. The summed E-state index contributed by atoms with van der Waals surface area (Å²) in [6.07, 6.45) is 2.33. The molecule has 0 unspecified atom stereocenters. The summed E-state index contributed by atoms with van der Waals surface area (Å²) in [5, 5.41) is 12.6. The number of thiazole rings is 1. The fourth-order valence-corrected chi connectivity index (χ4v) is 8.12. The normalized spacial score (nSPS) is 15.0. The lowest BCUT2D eigenvalue weighted by Crippen LogP contribution is -2.40. The number of piperidine rings is 1. The predicted octanol–water partition coefficient (Wildman–Crippen LogP) is 7.38. The van der Waals surface area contributed by atoms with Gasteiger partial charge < -0.3 is 24.2 Å². The average molecular weight is 778 g/mol. The van der Waals surface area contributed by atoms with Crippen molar-refractivity contribution >= 4 is 50.3 Å². The monoisotopic (exact) mass is 777 g/mol. The molecule has 2 aliphatic heterocycles. The summed E-state index contributed by atoms with van der Waals surface area (Å²) in [4.78, 5) is 52.1. The fourth-order valence-electron chi connectivity index (χ4n) is 7.26. The third-order valence-electron chi connectivity index (χ3n) is 9.99. The molecule has 3 aromatic carbocycles. The van der Waals surface area contributed by atoms with Crippen LogP contribution in [-0.4, -0.2) is 88.9 Å². The first-order chi connectivity index (χ1) is 26.9. The topological polar surface area (TPSA) is 143 Å². The van der Waals surface area contributed by atoms with Crippen molar-refractivity contribution in [2.75, 3.05) is 49.6 Å². The highest BCUT2D eigenvalue weighted by Crippen LogP contribution is 2.35. The molecule has 2 aromatic heterocycles. The average Bonchev–Trinajstić information content (AvgIpc) is 3.58. The summed E-state index contributed by atoms with van der Waals surface area (Å²) in [6, 6.07) is 23.2. The number of pyridine rings is 1. The molecular formula is C43H47N5O7S. The van der Waals surface area contributed by atoms with E-state index in [0.717, 1.165) is 45.3 Å². The van der Waals surface area contributed by atoms with Crippen LogP contribution >= 0.6 is 11.3 Å². The van der Waals surface area contributed by atoms with Gasteiger partial charge in [-0.1, -0.05) is 47.7 Å². The van der Waals surface area contributed by atoms with E-state index in [0.29, 0.717) is 73.6 Å². The van der Waals surface area contributed by atoms with Crippen LogP contribution in [0.15, 0.2) is 72.8 Å². The molecule has 4 heterocycles. The number of aliphatic carboxylic acids is 1. The lowest BCUT2D eigenvalue weighted by molar-refractivity contribution is -0.139. The highest BCUT2D eigenvalue weighted by atomic mass is 32.1. The van der Waals surface area contributed by atoms with Crippen molar-refractivity contribution in [3.63, 3.8) is 0 Å². The Morgan fingerprint density at radius 3 is 2.46 bits per heavy atom. The smallest absolute Gasteiger partial charge is 0.358 e. The Morgan fingerprint density at radius 1 is 0.911 bits per heavy atom. The van der Waals surface area contributed by atoms with Crippen molar-refractivity contribution in [3.05, 3.63) is 101 Å². The van der Waals surface area contributed by atoms with Gasteiger partial charge in [0.25, 0.3) is 5.91 Å². The number of carboxylic acids is 1. The van der Waals surface area contributed by atoms with Crippen molar-refractivity contribution in [1.82, 2.24) is 14.9 Å². The van der Waals surface area contributed by atoms with E-state index >= 15 is 0 Å². The second-order valence-electron chi connectivity index (χ2n) is 15.1. The van der Waals surface area contributed by atoms with Gasteiger partial charge in [0, 0.05) is 37.3 Å². The Hall–Kier alpha value is -5.37. The maximum atomic E-state index is 13.9. The van der Waals surface area contributed by atoms with Gasteiger partial charge in [-0.25, -0.2) is 14.8 Å². The number of esters is 1. The van der Waals surface area contributed by atoms with Crippen molar-refractivity contribution < 1.29 is 33.7 Å². The standard InChI is InChI=1S/C43H47N5O7S/c1-27-30(10-8-13-35(27)54-24-23-53-29-18-20-47(21-19-29)26-38(49)50)31-15-16-37(45-39(31)41(52)55-43(2,3)4)48-22-17-28-9-7-11-32(33(28)25-48)40(51)46-42-44-34-12-5-6-14-36(34)56-42/h5-16,29H,17-26H2,1-4H3,(H,49,50)(H,44,46,51). The molecule has 2 N–H and O–H groups in total. The number of para-hydroxylation sites is 1. The minimum absolute atomic E-state index is 0.0557. The van der Waals surface area contributed by atoms with Crippen LogP contribution in [0.3, 0.4) is 0 Å². The van der Waals surface area contributed by atoms with Crippen molar-refractivity contribution in [3.8, 4) is 16.9 Å². The molecule has 0 spiro atoms. The highest BCUT2D eigenvalue weighted by molar-refractivity contribution is 7.22. The molecule has 56 heavy (non-hydrogen) atoms. The van der Waals surface area contributed by atoms with Crippen LogP contribution in [0.4, 0.5) is 10.9 Å². The number of carbonyl (C=O) groups is 3. The Balaban J connectivity index is 1.08. The molecule has 12 nitrogen and oxygen atoms in total. The van der Waals surface area contributed by atoms with Gasteiger partial charge in [-0.2, -0.15) is 0 Å². The number of hydrogen-bond donors (Lipinski definition) is 2. The number of aromatic nitrogens is 2. The van der Waals surface area contributed by atoms with Crippen LogP contribution in [0.1, 0.15) is 71.1 Å². The summed E-state index contributed by atoms with van der Waals surface area (Å²) in [7, 11) is 0. The number of amides is 1. The summed E-state index contributed by atoms with van der Waals surface area (Å²) in [6.45, 7) is 10.7. The van der Waals surface area contributed by atoms with Gasteiger partial charge in [-0.15, -0.1) is 0 Å². The minimum atomic E-state index is -0.813. The fraction of sp³-hybridized carbons (Fsp3) is 0.372. The van der Waals surface area contributed by atoms with E-state index in [-0.39, 0.29) is 24.2 Å². The zero-order valence-electron chi connectivity index (χ0n) is 32.2. The zero-order chi connectivity index (χ0) is 39.4. The van der Waals surface area contributed by atoms with E-state index in [2.05, 4.69) is 21.3 Å². The first-order valence-corrected chi connectivity index (χ1v) is 19.8. The van der Waals surface area contributed by atoms with Gasteiger partial charge in [0.1, 0.15) is 23.8 Å². The van der Waals surface area contributed by atoms with Gasteiger partial charge in [-0.05, 0) is 106 Å². The van der Waals surface area contributed by atoms with Crippen molar-refractivity contribution in [1.29, 1.82) is 0 Å². The molecule has 0 atom stereocenters. The first-order valence-electron chi connectivity index (χ1n) is 19.0. The second kappa shape index (κ2) is 16.8. The second-order valence-corrected chi connectivity index (χ2v) is 16.2. The molecule has 1 saturated heterocycles. The Labute approximate surface area is 330 Å². The van der Waals surface area contributed by atoms with E-state index in [1.165, 1.54) is 11.3 Å². The maximum absolute atomic E-state index is 13.9. The van der Waals surface area contributed by atoms with E-state index in [9.17, 15) is 14.4 Å². The number of likely N-dealkylation sites (tertiary alicyclic amines) is 1. The summed E-state index contributed by atoms with van der Waals surface area (Å²) in [5.74, 6) is -0.283. The predicted molar refractivity (Wildman–Crippen MR) is 217 cm³/mol. The number of rotatable bonds is 12. The van der Waals surface area contributed by atoms with E-state index < -0.39 is 17.5 Å². The number of benzene rings is 3. The number of ether oxygens (including phenoxy) is 3. The van der Waals surface area contributed by atoms with Gasteiger partial charge in [0.2, 0.25) is 0 Å². The van der Waals surface area contributed by atoms with E-state index in [1.807, 2.05) is 99.3 Å². The number of carbonyl (C=O) groups excluding carboxylic acids is 2. The number of carboxylic acid groups (broad SMARTS) is 1. The molecule has 1 amide bonds. The zero-order valence-corrected chi connectivity index (χ0v) is 33.0. The molecule has 5 aromatic rings. The molecule has 0 bridgehead atoms. The molecule has 2 aliphatic rings. The first kappa shape index (κ1) is 38.9. The van der Waals surface area contributed by atoms with Crippen LogP contribution in [0.5, 0.6) is 5.75 Å². The quantitative estimate of drug-likeness (QED) is 0.0968. The van der Waals surface area contributed by atoms with Gasteiger partial charge >= 0.3 is 11.9 Å². The largest absolute Gasteiger partial charge is 0.491 e. The third-order valence-corrected chi connectivity index (χ3v) is 10.9. The highest BCUT2D eigenvalue weighted by Gasteiger charge is 2.28. The molecule has 13 heteroatoms. The lowest BCUT2D eigenvalue weighted by atomic mass is 9.94. The molecule has 292 valence electrons. The van der Waals surface area contributed by atoms with Crippen LogP contribution < -0.4 is 15.0 Å². The SMILES string of the molecule is Cc1c(OCCOC2CCN(CC(=O)O)CC2)cccc1-c1ccc(N2CCc3cccc(C(=O)Nc4nc5ccccc5s4)c3C2)nc1C(=O)OC(C)(C)C. The maximum Gasteiger partial charge on any atom is 0.358 e. The third kappa shape index (κ3) is 9.18. The van der Waals surface area contributed by atoms with Gasteiger partial charge in [-0.3, -0.25) is 19.8 Å². The Morgan fingerprint density at radius 2 is 1.70 bits per heavy atom. The van der Waals surface area contributed by atoms with Gasteiger partial charge in [0.15, 0.2) is 10.8 Å². The summed E-state index contributed by atoms with van der Waals surface area (Å²) < 4.78 is 19.1. The number of nitrogens with zero attached hydrogens (tertiary/aromatic N) is 4. The molecule has 1 fully saturated rings. The Kier molecular flexibility index (Phi) is 11.7. The van der Waals surface area contributed by atoms with Crippen LogP contribution in [0, 0.1) is 6.92 Å². The van der Waals surface area contributed by atoms with Gasteiger partial charge in [0.05, 0.1) is 29.5 Å². The molecule has 0 saturated carbocycles. The summed E-state index contributed by atoms with van der Waals surface area (Å²) in [5.41, 5.74) is 5.16. The van der Waals surface area contributed by atoms with E-state index in [1.54, 1.807) is 0 Å². The number of fused-ring (bicyclic) bond motifs is 2. The van der Waals surface area contributed by atoms with Crippen LogP contribution in [0.2, 0.25) is 0 Å². The molecule has 7 rings (SSSR count). The minimum Gasteiger partial charge on any atom is -0.491 e. The molecule has 0 aliphatic carbocycles. The molecular weight excluding hydrogens is 731 g/mol. The lowest BCUT2D eigenvalue weighted by Gasteiger charge is -2.31. The van der Waals surface area contributed by atoms with Crippen molar-refractivity contribution in [2.24, 2.45) is 0 Å². The van der Waals surface area contributed by atoms with Crippen molar-refractivity contribution in [2.45, 2.75) is 65.2 Å². The molecule has 0 radical (unpaired) electrons. The Bertz CT molecular complexity index is 2210. The summed E-state index contributed by atoms with van der Waals surface area (Å²) >= 11 is 1.44. The van der Waals surface area contributed by atoms with Crippen LogP contribution in [-0.2, 0) is 27.2 Å². The number of anilines is 2.